The van der Waals surface area contributed by atoms with Gasteiger partial charge in [-0.1, -0.05) is 11.6 Å². The van der Waals surface area contributed by atoms with Crippen molar-refractivity contribution >= 4 is 11.6 Å². The van der Waals surface area contributed by atoms with Crippen molar-refractivity contribution in [3.8, 4) is 11.3 Å². The summed E-state index contributed by atoms with van der Waals surface area (Å²) in [7, 11) is 0. The highest BCUT2D eigenvalue weighted by atomic mass is 35.5. The van der Waals surface area contributed by atoms with Crippen molar-refractivity contribution in [2.75, 3.05) is 13.2 Å². The molecule has 1 N–H and O–H groups in total. The summed E-state index contributed by atoms with van der Waals surface area (Å²) in [5.74, 6) is 1.04. The third-order valence-corrected chi connectivity index (χ3v) is 4.24. The van der Waals surface area contributed by atoms with E-state index in [1.807, 2.05) is 0 Å². The molecular formula is C17H17ClF3NO2. The number of furan rings is 1. The van der Waals surface area contributed by atoms with E-state index in [-0.39, 0.29) is 11.1 Å². The van der Waals surface area contributed by atoms with E-state index in [0.717, 1.165) is 32.1 Å². The lowest BCUT2D eigenvalue weighted by molar-refractivity contribution is -0.137. The van der Waals surface area contributed by atoms with Gasteiger partial charge < -0.3 is 14.5 Å². The summed E-state index contributed by atoms with van der Waals surface area (Å²) in [6, 6.07) is 7.16. The van der Waals surface area contributed by atoms with Gasteiger partial charge in [0.05, 0.1) is 23.2 Å². The molecule has 1 atom stereocenters. The molecule has 1 aromatic heterocycles. The Morgan fingerprint density at radius 3 is 2.75 bits per heavy atom. The largest absolute Gasteiger partial charge is 0.460 e. The van der Waals surface area contributed by atoms with E-state index in [4.69, 9.17) is 20.8 Å². The van der Waals surface area contributed by atoms with Crippen molar-refractivity contribution in [1.29, 1.82) is 0 Å². The molecule has 2 heterocycles. The monoisotopic (exact) mass is 359 g/mol. The molecule has 1 aliphatic heterocycles. The fourth-order valence-corrected chi connectivity index (χ4v) is 2.91. The fraction of sp³-hybridized carbons (Fsp3) is 0.412. The van der Waals surface area contributed by atoms with E-state index in [1.54, 1.807) is 12.1 Å². The van der Waals surface area contributed by atoms with Crippen molar-refractivity contribution in [3.05, 3.63) is 46.7 Å². The molecular weight excluding hydrogens is 343 g/mol. The summed E-state index contributed by atoms with van der Waals surface area (Å²) >= 11 is 5.63. The van der Waals surface area contributed by atoms with Crippen LogP contribution in [0, 0.1) is 0 Å². The van der Waals surface area contributed by atoms with Gasteiger partial charge in [0.2, 0.25) is 0 Å². The average molecular weight is 360 g/mol. The molecule has 7 heteroatoms. The van der Waals surface area contributed by atoms with Crippen molar-refractivity contribution in [1.82, 2.24) is 5.32 Å². The van der Waals surface area contributed by atoms with Gasteiger partial charge in [-0.3, -0.25) is 0 Å². The van der Waals surface area contributed by atoms with Gasteiger partial charge in [-0.15, -0.1) is 0 Å². The standard InChI is InChI=1S/C17H17ClF3NO2/c18-15-5-3-11(8-14(15)17(19,20)21)16-6-4-13(24-16)10-22-9-12-2-1-7-23-12/h3-6,8,12,22H,1-2,7,9-10H2/t12-/m1/s1. The molecule has 24 heavy (non-hydrogen) atoms. The Hall–Kier alpha value is -1.50. The Labute approximate surface area is 142 Å². The van der Waals surface area contributed by atoms with Crippen molar-refractivity contribution in [3.63, 3.8) is 0 Å². The van der Waals surface area contributed by atoms with Gasteiger partial charge in [-0.25, -0.2) is 0 Å². The quantitative estimate of drug-likeness (QED) is 0.825. The summed E-state index contributed by atoms with van der Waals surface area (Å²) in [5, 5.41) is 2.91. The molecule has 0 saturated carbocycles. The van der Waals surface area contributed by atoms with E-state index in [0.29, 0.717) is 23.6 Å². The summed E-state index contributed by atoms with van der Waals surface area (Å²) in [4.78, 5) is 0. The minimum atomic E-state index is -4.49. The van der Waals surface area contributed by atoms with Crippen LogP contribution in [0.2, 0.25) is 5.02 Å². The minimum Gasteiger partial charge on any atom is -0.460 e. The van der Waals surface area contributed by atoms with Crippen molar-refractivity contribution < 1.29 is 22.3 Å². The molecule has 0 radical (unpaired) electrons. The minimum absolute atomic E-state index is 0.227. The van der Waals surface area contributed by atoms with Gasteiger partial charge in [0, 0.05) is 18.7 Å². The first kappa shape index (κ1) is 17.3. The van der Waals surface area contributed by atoms with Crippen LogP contribution in [0.15, 0.2) is 34.7 Å². The van der Waals surface area contributed by atoms with E-state index in [2.05, 4.69) is 5.32 Å². The molecule has 1 aliphatic rings. The Bertz CT molecular complexity index is 693. The lowest BCUT2D eigenvalue weighted by atomic mass is 10.1. The third-order valence-electron chi connectivity index (χ3n) is 3.91. The van der Waals surface area contributed by atoms with Crippen LogP contribution >= 0.6 is 11.6 Å². The number of rotatable bonds is 5. The highest BCUT2D eigenvalue weighted by molar-refractivity contribution is 6.31. The Morgan fingerprint density at radius 1 is 1.21 bits per heavy atom. The molecule has 2 aromatic rings. The predicted molar refractivity (Wildman–Crippen MR) is 84.8 cm³/mol. The highest BCUT2D eigenvalue weighted by Crippen LogP contribution is 2.37. The second kappa shape index (κ2) is 7.17. The molecule has 0 spiro atoms. The molecule has 130 valence electrons. The molecule has 0 unspecified atom stereocenters. The predicted octanol–water partition coefficient (Wildman–Crippen LogP) is 4.89. The Kier molecular flexibility index (Phi) is 5.18. The van der Waals surface area contributed by atoms with Crippen LogP contribution in [0.5, 0.6) is 0 Å². The van der Waals surface area contributed by atoms with E-state index in [1.165, 1.54) is 12.1 Å². The number of hydrogen-bond acceptors (Lipinski definition) is 3. The smallest absolute Gasteiger partial charge is 0.417 e. The third kappa shape index (κ3) is 4.12. The van der Waals surface area contributed by atoms with Crippen LogP contribution in [0.25, 0.3) is 11.3 Å². The van der Waals surface area contributed by atoms with Gasteiger partial charge >= 0.3 is 6.18 Å². The summed E-state index contributed by atoms with van der Waals surface area (Å²) in [6.45, 7) is 2.03. The van der Waals surface area contributed by atoms with Gasteiger partial charge in [-0.05, 0) is 43.2 Å². The SMILES string of the molecule is FC(F)(F)c1cc(-c2ccc(CNC[C@H]3CCCO3)o2)ccc1Cl. The molecule has 1 fully saturated rings. The van der Waals surface area contributed by atoms with E-state index in [9.17, 15) is 13.2 Å². The maximum absolute atomic E-state index is 12.9. The maximum Gasteiger partial charge on any atom is 0.417 e. The highest BCUT2D eigenvalue weighted by Gasteiger charge is 2.33. The van der Waals surface area contributed by atoms with Crippen molar-refractivity contribution in [2.45, 2.75) is 31.7 Å². The zero-order valence-electron chi connectivity index (χ0n) is 12.8. The maximum atomic E-state index is 12.9. The van der Waals surface area contributed by atoms with Crippen molar-refractivity contribution in [2.24, 2.45) is 0 Å². The number of ether oxygens (including phenoxy) is 1. The normalized spacial score (nSPS) is 18.2. The number of benzene rings is 1. The average Bonchev–Trinajstić information content (AvgIpc) is 3.18. The molecule has 1 aromatic carbocycles. The van der Waals surface area contributed by atoms with E-state index < -0.39 is 11.7 Å². The fourth-order valence-electron chi connectivity index (χ4n) is 2.69. The van der Waals surface area contributed by atoms with Crippen LogP contribution in [0.3, 0.4) is 0 Å². The van der Waals surface area contributed by atoms with E-state index >= 15 is 0 Å². The first-order chi connectivity index (χ1) is 11.4. The Balaban J connectivity index is 1.66. The first-order valence-corrected chi connectivity index (χ1v) is 8.09. The molecule has 3 rings (SSSR count). The molecule has 0 amide bonds. The molecule has 3 nitrogen and oxygen atoms in total. The number of hydrogen-bond donors (Lipinski definition) is 1. The van der Waals surface area contributed by atoms with Crippen LogP contribution in [0.4, 0.5) is 13.2 Å². The number of halogens is 4. The number of alkyl halides is 3. The van der Waals surface area contributed by atoms with Crippen LogP contribution in [-0.2, 0) is 17.5 Å². The van der Waals surface area contributed by atoms with Crippen LogP contribution in [0.1, 0.15) is 24.2 Å². The topological polar surface area (TPSA) is 34.4 Å². The second-order valence-corrected chi connectivity index (χ2v) is 6.13. The van der Waals surface area contributed by atoms with Gasteiger partial charge in [-0.2, -0.15) is 13.2 Å². The van der Waals surface area contributed by atoms with Crippen LogP contribution < -0.4 is 5.32 Å². The summed E-state index contributed by atoms with van der Waals surface area (Å²) in [6.07, 6.45) is -2.15. The Morgan fingerprint density at radius 2 is 2.04 bits per heavy atom. The first-order valence-electron chi connectivity index (χ1n) is 7.71. The molecule has 0 bridgehead atoms. The zero-order valence-corrected chi connectivity index (χ0v) is 13.6. The summed E-state index contributed by atoms with van der Waals surface area (Å²) in [5.41, 5.74) is -0.520. The van der Waals surface area contributed by atoms with Crippen LogP contribution in [-0.4, -0.2) is 19.3 Å². The van der Waals surface area contributed by atoms with Gasteiger partial charge in [0.25, 0.3) is 0 Å². The summed E-state index contributed by atoms with van der Waals surface area (Å²) < 4.78 is 49.9. The molecule has 0 aliphatic carbocycles. The van der Waals surface area contributed by atoms with Gasteiger partial charge in [0.1, 0.15) is 11.5 Å². The lowest BCUT2D eigenvalue weighted by Crippen LogP contribution is -2.25. The zero-order chi connectivity index (χ0) is 17.2. The second-order valence-electron chi connectivity index (χ2n) is 5.72. The van der Waals surface area contributed by atoms with Gasteiger partial charge in [0.15, 0.2) is 0 Å². The molecule has 1 saturated heterocycles. The number of nitrogens with one attached hydrogen (secondary N) is 1. The lowest BCUT2D eigenvalue weighted by Gasteiger charge is -2.10.